The monoisotopic (exact) mass is 468 g/mol. The molecule has 0 amide bonds. The van der Waals surface area contributed by atoms with Crippen LogP contribution in [0.1, 0.15) is 46.4 Å². The highest BCUT2D eigenvalue weighted by molar-refractivity contribution is 5.98. The predicted molar refractivity (Wildman–Crippen MR) is 137 cm³/mol. The molecule has 34 heavy (non-hydrogen) atoms. The molecule has 0 aliphatic carbocycles. The summed E-state index contributed by atoms with van der Waals surface area (Å²) in [6.45, 7) is 1.41. The molecule has 0 aromatic heterocycles. The Bertz CT molecular complexity index is 816. The van der Waals surface area contributed by atoms with Crippen LogP contribution in [0.2, 0.25) is 0 Å². The number of benzene rings is 2. The van der Waals surface area contributed by atoms with Gasteiger partial charge in [0.1, 0.15) is 11.5 Å². The third kappa shape index (κ3) is 8.58. The molecule has 0 unspecified atom stereocenters. The van der Waals surface area contributed by atoms with Gasteiger partial charge in [-0.05, 0) is 89.6 Å². The molecule has 2 rings (SSSR count). The van der Waals surface area contributed by atoms with Crippen LogP contribution in [0, 0.1) is 11.8 Å². The van der Waals surface area contributed by atoms with Crippen LogP contribution in [0.15, 0.2) is 48.5 Å². The summed E-state index contributed by atoms with van der Waals surface area (Å²) in [7, 11) is 11.2. The maximum atomic E-state index is 13.2. The molecule has 2 atom stereocenters. The molecule has 0 saturated carbocycles. The summed E-state index contributed by atoms with van der Waals surface area (Å²) in [5, 5.41) is 0. The van der Waals surface area contributed by atoms with Gasteiger partial charge in [0.2, 0.25) is 0 Å². The van der Waals surface area contributed by atoms with Crippen molar-refractivity contribution in [2.45, 2.75) is 25.7 Å². The van der Waals surface area contributed by atoms with E-state index >= 15 is 0 Å². The van der Waals surface area contributed by atoms with Crippen molar-refractivity contribution in [3.8, 4) is 11.5 Å². The molecule has 0 saturated heterocycles. The molecule has 0 spiro atoms. The molecule has 0 aliphatic heterocycles. The van der Waals surface area contributed by atoms with Crippen LogP contribution in [0.5, 0.6) is 11.5 Å². The minimum atomic E-state index is -0.0759. The van der Waals surface area contributed by atoms with Gasteiger partial charge in [-0.25, -0.2) is 0 Å². The van der Waals surface area contributed by atoms with Crippen molar-refractivity contribution in [3.05, 3.63) is 59.7 Å². The number of ketones is 2. The molecule has 6 heteroatoms. The number of ether oxygens (including phenoxy) is 2. The highest BCUT2D eigenvalue weighted by atomic mass is 16.5. The lowest BCUT2D eigenvalue weighted by atomic mass is 9.88. The van der Waals surface area contributed by atoms with Crippen molar-refractivity contribution >= 4 is 11.6 Å². The number of methoxy groups -OCH3 is 2. The first-order valence-corrected chi connectivity index (χ1v) is 11.9. The smallest absolute Gasteiger partial charge is 0.167 e. The van der Waals surface area contributed by atoms with Crippen molar-refractivity contribution in [1.29, 1.82) is 0 Å². The Morgan fingerprint density at radius 2 is 0.971 bits per heavy atom. The van der Waals surface area contributed by atoms with Gasteiger partial charge >= 0.3 is 0 Å². The van der Waals surface area contributed by atoms with Gasteiger partial charge in [-0.1, -0.05) is 12.8 Å². The summed E-state index contributed by atoms with van der Waals surface area (Å²) in [5.41, 5.74) is 1.43. The Morgan fingerprint density at radius 1 is 0.647 bits per heavy atom. The van der Waals surface area contributed by atoms with Crippen molar-refractivity contribution in [2.75, 3.05) is 55.5 Å². The lowest BCUT2D eigenvalue weighted by Crippen LogP contribution is -2.29. The quantitative estimate of drug-likeness (QED) is 0.279. The summed E-state index contributed by atoms with van der Waals surface area (Å²) in [4.78, 5) is 30.4. The fourth-order valence-electron chi connectivity index (χ4n) is 4.26. The second-order valence-electron chi connectivity index (χ2n) is 9.39. The Hall–Kier alpha value is -2.70. The molecule has 0 fully saturated rings. The molecule has 186 valence electrons. The van der Waals surface area contributed by atoms with Gasteiger partial charge < -0.3 is 19.3 Å². The van der Waals surface area contributed by atoms with E-state index in [0.29, 0.717) is 24.2 Å². The summed E-state index contributed by atoms with van der Waals surface area (Å²) in [6.07, 6.45) is 3.41. The second-order valence-corrected chi connectivity index (χ2v) is 9.39. The Kier molecular flexibility index (Phi) is 11.2. The van der Waals surface area contributed by atoms with E-state index in [0.717, 1.165) is 37.2 Å². The van der Waals surface area contributed by atoms with Crippen molar-refractivity contribution < 1.29 is 19.1 Å². The van der Waals surface area contributed by atoms with Gasteiger partial charge in [-0.15, -0.1) is 0 Å². The summed E-state index contributed by atoms with van der Waals surface area (Å²) < 4.78 is 10.4. The number of nitrogens with zero attached hydrogens (tertiary/aromatic N) is 2. The molecule has 0 heterocycles. The number of carbonyl (C=O) groups is 2. The number of carbonyl (C=O) groups excluding carboxylic acids is 2. The van der Waals surface area contributed by atoms with Gasteiger partial charge in [0.05, 0.1) is 14.2 Å². The van der Waals surface area contributed by atoms with Crippen molar-refractivity contribution in [3.63, 3.8) is 0 Å². The minimum absolute atomic E-state index is 0.0759. The highest BCUT2D eigenvalue weighted by Gasteiger charge is 2.23. The lowest BCUT2D eigenvalue weighted by Gasteiger charge is -2.22. The van der Waals surface area contributed by atoms with Gasteiger partial charge in [0, 0.05) is 36.1 Å². The number of hydrogen-bond acceptors (Lipinski definition) is 6. The van der Waals surface area contributed by atoms with Gasteiger partial charge in [-0.3, -0.25) is 9.59 Å². The Morgan fingerprint density at radius 3 is 1.24 bits per heavy atom. The predicted octanol–water partition coefficient (Wildman–Crippen LogP) is 4.69. The topological polar surface area (TPSA) is 59.1 Å². The summed E-state index contributed by atoms with van der Waals surface area (Å²) in [6, 6.07) is 14.7. The molecule has 2 aromatic carbocycles. The summed E-state index contributed by atoms with van der Waals surface area (Å²) in [5.74, 6) is 1.66. The molecule has 0 bridgehead atoms. The molecule has 0 aliphatic rings. The van der Waals surface area contributed by atoms with Gasteiger partial charge in [0.25, 0.3) is 0 Å². The van der Waals surface area contributed by atoms with Crippen molar-refractivity contribution in [1.82, 2.24) is 9.80 Å². The van der Waals surface area contributed by atoms with E-state index in [2.05, 4.69) is 9.80 Å². The molecule has 0 radical (unpaired) electrons. The number of hydrogen-bond donors (Lipinski definition) is 0. The normalized spacial score (nSPS) is 13.1. The van der Waals surface area contributed by atoms with Crippen LogP contribution in [0.25, 0.3) is 0 Å². The number of unbranched alkanes of at least 4 members (excludes halogenated alkanes) is 1. The van der Waals surface area contributed by atoms with Crippen LogP contribution < -0.4 is 9.47 Å². The first kappa shape index (κ1) is 27.5. The molecule has 6 nitrogen and oxygen atoms in total. The van der Waals surface area contributed by atoms with E-state index in [1.165, 1.54) is 0 Å². The van der Waals surface area contributed by atoms with Gasteiger partial charge in [-0.2, -0.15) is 0 Å². The van der Waals surface area contributed by atoms with E-state index in [1.54, 1.807) is 14.2 Å². The van der Waals surface area contributed by atoms with Crippen LogP contribution >= 0.6 is 0 Å². The van der Waals surface area contributed by atoms with Crippen LogP contribution in [-0.4, -0.2) is 76.9 Å². The first-order valence-electron chi connectivity index (χ1n) is 11.9. The maximum absolute atomic E-state index is 13.2. The van der Waals surface area contributed by atoms with E-state index in [4.69, 9.17) is 9.47 Å². The third-order valence-corrected chi connectivity index (χ3v) is 6.02. The van der Waals surface area contributed by atoms with E-state index < -0.39 is 0 Å². The summed E-state index contributed by atoms with van der Waals surface area (Å²) >= 11 is 0. The molecular formula is C28H40N2O4. The zero-order chi connectivity index (χ0) is 25.1. The van der Waals surface area contributed by atoms with Crippen LogP contribution in [0.3, 0.4) is 0 Å². The number of rotatable bonds is 15. The third-order valence-electron chi connectivity index (χ3n) is 6.02. The fraction of sp³-hybridized carbons (Fsp3) is 0.500. The minimum Gasteiger partial charge on any atom is -0.497 e. The molecule has 0 N–H and O–H groups in total. The first-order chi connectivity index (χ1) is 16.2. The van der Waals surface area contributed by atoms with Crippen LogP contribution in [0.4, 0.5) is 0 Å². The molecular weight excluding hydrogens is 428 g/mol. The van der Waals surface area contributed by atoms with E-state index in [9.17, 15) is 9.59 Å². The maximum Gasteiger partial charge on any atom is 0.167 e. The zero-order valence-electron chi connectivity index (χ0n) is 21.5. The van der Waals surface area contributed by atoms with E-state index in [1.807, 2.05) is 76.7 Å². The average molecular weight is 469 g/mol. The van der Waals surface area contributed by atoms with Gasteiger partial charge in [0.15, 0.2) is 11.6 Å². The average Bonchev–Trinajstić information content (AvgIpc) is 2.83. The zero-order valence-corrected chi connectivity index (χ0v) is 21.5. The highest BCUT2D eigenvalue weighted by Crippen LogP contribution is 2.23. The Balaban J connectivity index is 1.99. The standard InChI is InChI=1S/C28H40N2O4/c1-29(2)19-23(27(31)21-11-15-25(33-5)16-12-21)9-7-8-10-24(20-30(3)4)28(32)22-13-17-26(34-6)18-14-22/h11-18,23-24H,7-10,19-20H2,1-6H3/t23-,24-/m0/s1. The lowest BCUT2D eigenvalue weighted by molar-refractivity contribution is 0.0867. The Labute approximate surface area is 204 Å². The number of Topliss-reactive ketones (excluding diaryl/α,β-unsaturated/α-hetero) is 2. The largest absolute Gasteiger partial charge is 0.497 e. The SMILES string of the molecule is COc1ccc(C(=O)[C@@H](CCCC[C@@H](CN(C)C)C(=O)c2ccc(OC)cc2)CN(C)C)cc1. The fourth-order valence-corrected chi connectivity index (χ4v) is 4.26. The van der Waals surface area contributed by atoms with Crippen LogP contribution in [-0.2, 0) is 0 Å². The van der Waals surface area contributed by atoms with Crippen molar-refractivity contribution in [2.24, 2.45) is 11.8 Å². The van der Waals surface area contributed by atoms with E-state index in [-0.39, 0.29) is 23.4 Å². The molecule has 2 aromatic rings. The second kappa shape index (κ2) is 13.9.